The summed E-state index contributed by atoms with van der Waals surface area (Å²) in [6, 6.07) is 2.85. The molecule has 1 amide bonds. The Morgan fingerprint density at radius 3 is 2.97 bits per heavy atom. The van der Waals surface area contributed by atoms with Crippen LogP contribution < -0.4 is 16.0 Å². The number of pyridine rings is 2. The van der Waals surface area contributed by atoms with Crippen LogP contribution in [-0.2, 0) is 11.3 Å². The molecule has 0 aromatic carbocycles. The molecule has 1 aliphatic carbocycles. The van der Waals surface area contributed by atoms with Gasteiger partial charge in [-0.05, 0) is 18.6 Å². The SMILES string of the molecule is CNc1cc2nc3c1ncn3C(=O)N[C@@H]1CC(F)CC1OCc1cc(c3nc(C)nn3c1)N2. The first-order valence-electron chi connectivity index (χ1n) is 10.7. The summed E-state index contributed by atoms with van der Waals surface area (Å²) >= 11 is 0. The second kappa shape index (κ2) is 7.37. The van der Waals surface area contributed by atoms with Crippen LogP contribution in [0.2, 0.25) is 0 Å². The Balaban J connectivity index is 1.55. The van der Waals surface area contributed by atoms with Gasteiger partial charge >= 0.3 is 6.03 Å². The van der Waals surface area contributed by atoms with Crippen molar-refractivity contribution in [1.29, 1.82) is 0 Å². The minimum Gasteiger partial charge on any atom is -0.386 e. The first kappa shape index (κ1) is 19.9. The number of ether oxygens (including phenoxy) is 1. The molecule has 33 heavy (non-hydrogen) atoms. The number of aromatic nitrogens is 6. The van der Waals surface area contributed by atoms with Crippen LogP contribution in [0.1, 0.15) is 24.2 Å². The second-order valence-electron chi connectivity index (χ2n) is 8.38. The summed E-state index contributed by atoms with van der Waals surface area (Å²) in [5, 5.41) is 13.8. The topological polar surface area (TPSA) is 123 Å². The van der Waals surface area contributed by atoms with Crippen molar-refractivity contribution < 1.29 is 13.9 Å². The molecular formula is C21H22FN9O2. The van der Waals surface area contributed by atoms with Crippen LogP contribution in [0.15, 0.2) is 24.7 Å². The number of hydrogen-bond donors (Lipinski definition) is 3. The number of fused-ring (bicyclic) bond motifs is 6. The third kappa shape index (κ3) is 3.33. The van der Waals surface area contributed by atoms with Crippen LogP contribution in [0.4, 0.5) is 26.4 Å². The van der Waals surface area contributed by atoms with Crippen molar-refractivity contribution in [1.82, 2.24) is 34.4 Å². The molecule has 12 heteroatoms. The number of aryl methyl sites for hydroxylation is 1. The quantitative estimate of drug-likeness (QED) is 0.403. The molecule has 4 bridgehead atoms. The second-order valence-corrected chi connectivity index (χ2v) is 8.38. The smallest absolute Gasteiger partial charge is 0.328 e. The molecule has 4 aromatic heterocycles. The van der Waals surface area contributed by atoms with E-state index in [2.05, 4.69) is 36.0 Å². The van der Waals surface area contributed by atoms with Crippen molar-refractivity contribution in [3.8, 4) is 0 Å². The standard InChI is InChI=1S/C21H22FN9O2/c1-10-25-19-15-3-11(7-31(19)29-10)8-33-16-5-12(22)4-13(16)27-21(32)30-9-24-18-14(23-2)6-17(26-15)28-20(18)30/h3,6-7,9,12-13,16H,4-5,8H2,1-2H3,(H,27,32)(H2,23,26,28)/t12?,13-,16?/m1/s1. The summed E-state index contributed by atoms with van der Waals surface area (Å²) in [6.07, 6.45) is 2.17. The van der Waals surface area contributed by atoms with E-state index in [-0.39, 0.29) is 19.4 Å². The van der Waals surface area contributed by atoms with Crippen molar-refractivity contribution in [2.75, 3.05) is 17.7 Å². The molecule has 5 heterocycles. The van der Waals surface area contributed by atoms with Crippen molar-refractivity contribution in [2.45, 2.75) is 44.7 Å². The maximum atomic E-state index is 14.3. The molecule has 0 radical (unpaired) electrons. The van der Waals surface area contributed by atoms with E-state index in [1.165, 1.54) is 10.9 Å². The van der Waals surface area contributed by atoms with Gasteiger partial charge in [0.1, 0.15) is 29.7 Å². The van der Waals surface area contributed by atoms with Gasteiger partial charge in [0.15, 0.2) is 11.3 Å². The van der Waals surface area contributed by atoms with Crippen LogP contribution in [0, 0.1) is 6.92 Å². The summed E-state index contributed by atoms with van der Waals surface area (Å²) in [4.78, 5) is 26.6. The molecule has 3 atom stereocenters. The Hall–Kier alpha value is -3.80. The van der Waals surface area contributed by atoms with Gasteiger partial charge in [0.05, 0.1) is 30.1 Å². The molecular weight excluding hydrogens is 429 g/mol. The Labute approximate surface area is 187 Å². The van der Waals surface area contributed by atoms with Crippen LogP contribution >= 0.6 is 0 Å². The number of carbonyl (C=O) groups is 1. The van der Waals surface area contributed by atoms with Gasteiger partial charge in [-0.3, -0.25) is 0 Å². The fourth-order valence-electron chi connectivity index (χ4n) is 4.56. The zero-order valence-corrected chi connectivity index (χ0v) is 18.0. The summed E-state index contributed by atoms with van der Waals surface area (Å²) < 4.78 is 23.4. The van der Waals surface area contributed by atoms with Crippen molar-refractivity contribution in [2.24, 2.45) is 0 Å². The van der Waals surface area contributed by atoms with Crippen molar-refractivity contribution >= 4 is 40.0 Å². The minimum atomic E-state index is -1.05. The van der Waals surface area contributed by atoms with Crippen LogP contribution in [0.5, 0.6) is 0 Å². The van der Waals surface area contributed by atoms with E-state index in [1.807, 2.05) is 25.3 Å². The summed E-state index contributed by atoms with van der Waals surface area (Å²) in [7, 11) is 1.78. The summed E-state index contributed by atoms with van der Waals surface area (Å²) in [5.41, 5.74) is 3.77. The number of nitrogens with one attached hydrogen (secondary N) is 3. The van der Waals surface area contributed by atoms with E-state index in [0.717, 1.165) is 5.56 Å². The predicted molar refractivity (Wildman–Crippen MR) is 119 cm³/mol. The molecule has 3 N–H and O–H groups in total. The zero-order valence-electron chi connectivity index (χ0n) is 18.0. The molecule has 6 rings (SSSR count). The Morgan fingerprint density at radius 1 is 1.24 bits per heavy atom. The lowest BCUT2D eigenvalue weighted by Crippen LogP contribution is -2.43. The highest BCUT2D eigenvalue weighted by molar-refractivity contribution is 5.94. The number of hydrogen-bond acceptors (Lipinski definition) is 8. The predicted octanol–water partition coefficient (Wildman–Crippen LogP) is 2.52. The van der Waals surface area contributed by atoms with Crippen LogP contribution in [0.3, 0.4) is 0 Å². The largest absolute Gasteiger partial charge is 0.386 e. The van der Waals surface area contributed by atoms with Gasteiger partial charge in [-0.15, -0.1) is 0 Å². The average Bonchev–Trinajstić information content (AvgIpc) is 3.47. The van der Waals surface area contributed by atoms with Crippen LogP contribution in [-0.4, -0.2) is 60.5 Å². The zero-order chi connectivity index (χ0) is 22.7. The molecule has 1 saturated carbocycles. The van der Waals surface area contributed by atoms with E-state index in [0.29, 0.717) is 39.8 Å². The highest BCUT2D eigenvalue weighted by atomic mass is 19.1. The third-order valence-corrected chi connectivity index (χ3v) is 6.07. The Kier molecular flexibility index (Phi) is 4.43. The number of anilines is 3. The van der Waals surface area contributed by atoms with Crippen molar-refractivity contribution in [3.05, 3.63) is 36.0 Å². The monoisotopic (exact) mass is 451 g/mol. The maximum absolute atomic E-state index is 14.3. The number of halogens is 1. The van der Waals surface area contributed by atoms with E-state index >= 15 is 0 Å². The maximum Gasteiger partial charge on any atom is 0.328 e. The molecule has 4 aromatic rings. The molecule has 0 spiro atoms. The fourth-order valence-corrected chi connectivity index (χ4v) is 4.56. The molecule has 11 nitrogen and oxygen atoms in total. The summed E-state index contributed by atoms with van der Waals surface area (Å²) in [5.74, 6) is 1.12. The number of carbonyl (C=O) groups excluding carboxylic acids is 1. The lowest BCUT2D eigenvalue weighted by molar-refractivity contribution is 0.0271. The average molecular weight is 451 g/mol. The van der Waals surface area contributed by atoms with Gasteiger partial charge in [-0.1, -0.05) is 0 Å². The molecule has 2 aliphatic rings. The van der Waals surface area contributed by atoms with E-state index < -0.39 is 24.3 Å². The number of rotatable bonds is 1. The van der Waals surface area contributed by atoms with Gasteiger partial charge in [0.2, 0.25) is 0 Å². The van der Waals surface area contributed by atoms with Gasteiger partial charge in [-0.25, -0.2) is 33.2 Å². The first-order valence-corrected chi connectivity index (χ1v) is 10.7. The molecule has 1 fully saturated rings. The van der Waals surface area contributed by atoms with Gasteiger partial charge in [0.25, 0.3) is 0 Å². The number of imidazole rings is 1. The number of alkyl halides is 1. The highest BCUT2D eigenvalue weighted by Crippen LogP contribution is 2.30. The molecule has 1 aliphatic heterocycles. The Bertz CT molecular complexity index is 1400. The normalized spacial score (nSPS) is 22.8. The number of nitrogens with zero attached hydrogens (tertiary/aromatic N) is 6. The molecule has 0 saturated heterocycles. The van der Waals surface area contributed by atoms with Crippen LogP contribution in [0.25, 0.3) is 16.8 Å². The number of amides is 1. The highest BCUT2D eigenvalue weighted by Gasteiger charge is 2.37. The van der Waals surface area contributed by atoms with Gasteiger partial charge in [-0.2, -0.15) is 5.10 Å². The third-order valence-electron chi connectivity index (χ3n) is 6.07. The van der Waals surface area contributed by atoms with E-state index in [4.69, 9.17) is 4.74 Å². The van der Waals surface area contributed by atoms with E-state index in [9.17, 15) is 9.18 Å². The molecule has 170 valence electrons. The lowest BCUT2D eigenvalue weighted by Gasteiger charge is -2.22. The van der Waals surface area contributed by atoms with E-state index in [1.54, 1.807) is 11.6 Å². The van der Waals surface area contributed by atoms with Gasteiger partial charge < -0.3 is 20.7 Å². The lowest BCUT2D eigenvalue weighted by atomic mass is 10.2. The summed E-state index contributed by atoms with van der Waals surface area (Å²) in [6.45, 7) is 2.05. The van der Waals surface area contributed by atoms with Gasteiger partial charge in [0, 0.05) is 32.2 Å². The van der Waals surface area contributed by atoms with Crippen molar-refractivity contribution in [3.63, 3.8) is 0 Å². The minimum absolute atomic E-state index is 0.192. The molecule has 2 unspecified atom stereocenters. The first-order chi connectivity index (χ1) is 16.0. The Morgan fingerprint density at radius 2 is 2.12 bits per heavy atom. The fraction of sp³-hybridized carbons (Fsp3) is 0.381.